The number of fused-ring (bicyclic) bond motifs is 1. The first-order chi connectivity index (χ1) is 17.5. The van der Waals surface area contributed by atoms with Crippen molar-refractivity contribution >= 4 is 46.5 Å². The number of imidazole rings is 1. The summed E-state index contributed by atoms with van der Waals surface area (Å²) in [5, 5.41) is 28.2. The van der Waals surface area contributed by atoms with Crippen LogP contribution in [0.4, 0.5) is 10.2 Å². The van der Waals surface area contributed by atoms with Gasteiger partial charge in [-0.05, 0) is 22.7 Å². The Morgan fingerprint density at radius 2 is 1.76 bits per heavy atom. The standard InChI is InChI=1S/C22H23ClFN5O8/c1-36-13(7-14(24)29-10-26-16-17(25)27-21(23)28-18(16)29)9-37-22(19(32)33,20(34)35)8-12-4-2-11(3-5-12)6-15(30)31/h2-5,10,13-14H,6-9H2,1H3,(H,30,31)(H,32,33)(H,34,35)(H2,25,27,28). The first-order valence-corrected chi connectivity index (χ1v) is 11.1. The molecule has 2 unspecified atom stereocenters. The lowest BCUT2D eigenvalue weighted by molar-refractivity contribution is -0.188. The van der Waals surface area contributed by atoms with E-state index in [2.05, 4.69) is 15.0 Å². The van der Waals surface area contributed by atoms with Crippen LogP contribution in [0.3, 0.4) is 0 Å². The molecule has 2 heterocycles. The SMILES string of the molecule is COC(COC(Cc1ccc(CC(=O)O)cc1)(C(=O)O)C(=O)O)CC(F)n1cnc2c(N)nc(Cl)nc21. The van der Waals surface area contributed by atoms with E-state index in [1.807, 2.05) is 0 Å². The van der Waals surface area contributed by atoms with Gasteiger partial charge in [0, 0.05) is 20.0 Å². The Labute approximate surface area is 213 Å². The van der Waals surface area contributed by atoms with Gasteiger partial charge in [0.1, 0.15) is 5.52 Å². The number of aromatic nitrogens is 4. The maximum atomic E-state index is 15.2. The molecule has 3 rings (SSSR count). The van der Waals surface area contributed by atoms with E-state index in [0.717, 1.165) is 10.9 Å². The van der Waals surface area contributed by atoms with Crippen LogP contribution in [-0.2, 0) is 36.7 Å². The number of hydrogen-bond donors (Lipinski definition) is 4. The van der Waals surface area contributed by atoms with Gasteiger partial charge in [0.25, 0.3) is 5.60 Å². The lowest BCUT2D eigenvalue weighted by Crippen LogP contribution is -2.52. The minimum atomic E-state index is -2.71. The average molecular weight is 540 g/mol. The number of nitrogens with zero attached hydrogens (tertiary/aromatic N) is 4. The smallest absolute Gasteiger partial charge is 0.348 e. The predicted octanol–water partition coefficient (Wildman–Crippen LogP) is 1.73. The van der Waals surface area contributed by atoms with E-state index in [1.165, 1.54) is 31.4 Å². The molecule has 0 saturated heterocycles. The van der Waals surface area contributed by atoms with Crippen molar-refractivity contribution in [3.05, 3.63) is 47.0 Å². The van der Waals surface area contributed by atoms with E-state index in [0.29, 0.717) is 5.56 Å². The van der Waals surface area contributed by atoms with Crippen LogP contribution in [0.15, 0.2) is 30.6 Å². The largest absolute Gasteiger partial charge is 0.481 e. The highest BCUT2D eigenvalue weighted by atomic mass is 35.5. The second-order valence-electron chi connectivity index (χ2n) is 8.04. The van der Waals surface area contributed by atoms with Crippen LogP contribution in [0.1, 0.15) is 23.8 Å². The summed E-state index contributed by atoms with van der Waals surface area (Å²) in [6, 6.07) is 5.72. The summed E-state index contributed by atoms with van der Waals surface area (Å²) in [7, 11) is 1.23. The highest BCUT2D eigenvalue weighted by molar-refractivity contribution is 6.28. The number of alkyl halides is 1. The number of anilines is 1. The molecular weight excluding hydrogens is 517 g/mol. The fourth-order valence-electron chi connectivity index (χ4n) is 3.57. The number of benzene rings is 1. The Balaban J connectivity index is 1.76. The molecule has 37 heavy (non-hydrogen) atoms. The number of ether oxygens (including phenoxy) is 2. The molecule has 13 nitrogen and oxygen atoms in total. The van der Waals surface area contributed by atoms with Gasteiger partial charge in [-0.2, -0.15) is 9.97 Å². The van der Waals surface area contributed by atoms with E-state index >= 15 is 4.39 Å². The molecule has 5 N–H and O–H groups in total. The number of methoxy groups -OCH3 is 1. The maximum absolute atomic E-state index is 15.2. The number of rotatable bonds is 13. The summed E-state index contributed by atoms with van der Waals surface area (Å²) >= 11 is 5.80. The van der Waals surface area contributed by atoms with Crippen LogP contribution in [0.2, 0.25) is 5.28 Å². The molecule has 2 aromatic heterocycles. The Morgan fingerprint density at radius 3 is 2.32 bits per heavy atom. The van der Waals surface area contributed by atoms with Crippen molar-refractivity contribution in [2.24, 2.45) is 0 Å². The lowest BCUT2D eigenvalue weighted by Gasteiger charge is -2.28. The Bertz CT molecular complexity index is 1290. The zero-order chi connectivity index (χ0) is 27.3. The van der Waals surface area contributed by atoms with E-state index in [1.54, 1.807) is 0 Å². The lowest BCUT2D eigenvalue weighted by atomic mass is 9.93. The Morgan fingerprint density at radius 1 is 1.14 bits per heavy atom. The van der Waals surface area contributed by atoms with Gasteiger partial charge in [-0.15, -0.1) is 0 Å². The van der Waals surface area contributed by atoms with Crippen molar-refractivity contribution < 1.29 is 43.6 Å². The third kappa shape index (κ3) is 6.28. The number of halogens is 2. The second-order valence-corrected chi connectivity index (χ2v) is 8.38. The van der Waals surface area contributed by atoms with Crippen LogP contribution in [0, 0.1) is 0 Å². The molecule has 2 atom stereocenters. The maximum Gasteiger partial charge on any atom is 0.348 e. The van der Waals surface area contributed by atoms with E-state index in [-0.39, 0.29) is 40.7 Å². The van der Waals surface area contributed by atoms with Crippen molar-refractivity contribution in [2.75, 3.05) is 19.5 Å². The van der Waals surface area contributed by atoms with Crippen molar-refractivity contribution in [2.45, 2.75) is 37.3 Å². The fourth-order valence-corrected chi connectivity index (χ4v) is 3.74. The fraction of sp³-hybridized carbons (Fsp3) is 0.364. The van der Waals surface area contributed by atoms with Crippen LogP contribution in [-0.4, -0.2) is 78.2 Å². The molecule has 1 aromatic carbocycles. The quantitative estimate of drug-likeness (QED) is 0.181. The molecule has 0 aliphatic carbocycles. The molecule has 15 heteroatoms. The van der Waals surface area contributed by atoms with Crippen LogP contribution < -0.4 is 5.73 Å². The number of nitrogens with two attached hydrogens (primary N) is 1. The van der Waals surface area contributed by atoms with Gasteiger partial charge in [0.05, 0.1) is 25.5 Å². The zero-order valence-electron chi connectivity index (χ0n) is 19.4. The molecule has 198 valence electrons. The summed E-state index contributed by atoms with van der Waals surface area (Å²) in [5.41, 5.74) is 3.89. The highest BCUT2D eigenvalue weighted by Crippen LogP contribution is 2.27. The monoisotopic (exact) mass is 539 g/mol. The summed E-state index contributed by atoms with van der Waals surface area (Å²) in [4.78, 5) is 46.6. The van der Waals surface area contributed by atoms with Crippen molar-refractivity contribution in [3.8, 4) is 0 Å². The van der Waals surface area contributed by atoms with Gasteiger partial charge in [-0.3, -0.25) is 9.36 Å². The highest BCUT2D eigenvalue weighted by Gasteiger charge is 2.49. The molecule has 0 bridgehead atoms. The molecule has 0 amide bonds. The summed E-state index contributed by atoms with van der Waals surface area (Å²) in [6.07, 6.45) is -2.95. The van der Waals surface area contributed by atoms with E-state index in [4.69, 9.17) is 31.9 Å². The van der Waals surface area contributed by atoms with Crippen LogP contribution >= 0.6 is 11.6 Å². The number of carboxylic acids is 3. The summed E-state index contributed by atoms with van der Waals surface area (Å²) in [6.45, 7) is -0.586. The van der Waals surface area contributed by atoms with Gasteiger partial charge in [0.2, 0.25) is 5.28 Å². The van der Waals surface area contributed by atoms with Crippen molar-refractivity contribution in [3.63, 3.8) is 0 Å². The topological polar surface area (TPSA) is 200 Å². The van der Waals surface area contributed by atoms with Crippen molar-refractivity contribution in [1.82, 2.24) is 19.5 Å². The molecule has 0 spiro atoms. The molecular formula is C22H23ClFN5O8. The minimum Gasteiger partial charge on any atom is -0.481 e. The number of nitrogen functional groups attached to an aromatic ring is 1. The number of carboxylic acid groups (broad SMARTS) is 3. The average Bonchev–Trinajstić information content (AvgIpc) is 3.25. The van der Waals surface area contributed by atoms with Crippen LogP contribution in [0.25, 0.3) is 11.2 Å². The van der Waals surface area contributed by atoms with E-state index in [9.17, 15) is 24.6 Å². The third-order valence-electron chi connectivity index (χ3n) is 5.55. The summed E-state index contributed by atoms with van der Waals surface area (Å²) in [5.74, 6) is -4.65. The Hall–Kier alpha value is -3.88. The molecule has 0 aliphatic heterocycles. The first kappa shape index (κ1) is 27.7. The normalized spacial score (nSPS) is 13.4. The number of carbonyl (C=O) groups is 3. The van der Waals surface area contributed by atoms with Crippen LogP contribution in [0.5, 0.6) is 0 Å². The third-order valence-corrected chi connectivity index (χ3v) is 5.72. The minimum absolute atomic E-state index is 0.0255. The van der Waals surface area contributed by atoms with Crippen molar-refractivity contribution in [1.29, 1.82) is 0 Å². The molecule has 0 radical (unpaired) electrons. The van der Waals surface area contributed by atoms with Gasteiger partial charge >= 0.3 is 17.9 Å². The Kier molecular flexibility index (Phi) is 8.57. The van der Waals surface area contributed by atoms with Gasteiger partial charge < -0.3 is 30.5 Å². The second kappa shape index (κ2) is 11.5. The molecule has 0 saturated carbocycles. The number of hydrogen-bond acceptors (Lipinski definition) is 9. The number of aliphatic carboxylic acids is 3. The molecule has 0 aliphatic rings. The molecule has 0 fully saturated rings. The van der Waals surface area contributed by atoms with Gasteiger partial charge in [-0.1, -0.05) is 24.3 Å². The molecule has 3 aromatic rings. The predicted molar refractivity (Wildman–Crippen MR) is 126 cm³/mol. The summed E-state index contributed by atoms with van der Waals surface area (Å²) < 4.78 is 26.8. The van der Waals surface area contributed by atoms with Gasteiger partial charge in [-0.25, -0.2) is 19.0 Å². The zero-order valence-corrected chi connectivity index (χ0v) is 20.1. The first-order valence-electron chi connectivity index (χ1n) is 10.7. The van der Waals surface area contributed by atoms with E-state index < -0.39 is 48.9 Å². The van der Waals surface area contributed by atoms with Gasteiger partial charge in [0.15, 0.2) is 17.8 Å².